The molecule has 1 aliphatic rings. The number of aromatic amines is 1. The van der Waals surface area contributed by atoms with Gasteiger partial charge in [-0.1, -0.05) is 13.8 Å². The van der Waals surface area contributed by atoms with Crippen molar-refractivity contribution in [3.8, 4) is 0 Å². The van der Waals surface area contributed by atoms with Crippen LogP contribution in [0.1, 0.15) is 49.1 Å². The molecule has 18 heavy (non-hydrogen) atoms. The molecule has 100 valence electrons. The van der Waals surface area contributed by atoms with Crippen LogP contribution in [0.2, 0.25) is 0 Å². The maximum atomic E-state index is 12.1. The summed E-state index contributed by atoms with van der Waals surface area (Å²) in [6, 6.07) is 0. The zero-order valence-electron chi connectivity index (χ0n) is 11.1. The minimum absolute atomic E-state index is 0.155. The molecule has 1 N–H and O–H groups in total. The molecule has 0 saturated carbocycles. The third-order valence-corrected chi connectivity index (χ3v) is 3.09. The first-order valence-corrected chi connectivity index (χ1v) is 6.37. The maximum absolute atomic E-state index is 12.1. The maximum Gasteiger partial charge on any atom is 0.293 e. The minimum Gasteiger partial charge on any atom is -0.376 e. The van der Waals surface area contributed by atoms with Gasteiger partial charge in [0.2, 0.25) is 5.82 Å². The van der Waals surface area contributed by atoms with Gasteiger partial charge in [-0.3, -0.25) is 9.89 Å². The molecule has 6 heteroatoms. The number of nitrogens with zero attached hydrogens (tertiary/aromatic N) is 3. The summed E-state index contributed by atoms with van der Waals surface area (Å²) in [6.45, 7) is 5.41. The van der Waals surface area contributed by atoms with Crippen LogP contribution in [-0.4, -0.2) is 52.3 Å². The summed E-state index contributed by atoms with van der Waals surface area (Å²) in [5, 5.41) is 6.76. The standard InChI is InChI=1S/C12H20N4O2/c1-8(2)10-13-11(15-14-10)12(17)16(3)7-9-5-4-6-18-9/h8-9H,4-7H2,1-3H3,(H,13,14,15). The van der Waals surface area contributed by atoms with Gasteiger partial charge >= 0.3 is 0 Å². The molecule has 1 aliphatic heterocycles. The van der Waals surface area contributed by atoms with Crippen molar-refractivity contribution in [3.63, 3.8) is 0 Å². The van der Waals surface area contributed by atoms with Gasteiger partial charge in [-0.15, -0.1) is 5.10 Å². The summed E-state index contributed by atoms with van der Waals surface area (Å²) in [6.07, 6.45) is 2.25. The molecule has 0 radical (unpaired) electrons. The van der Waals surface area contributed by atoms with Crippen LogP contribution in [0.4, 0.5) is 0 Å². The van der Waals surface area contributed by atoms with Crippen molar-refractivity contribution in [3.05, 3.63) is 11.6 Å². The van der Waals surface area contributed by atoms with Crippen LogP contribution in [0.3, 0.4) is 0 Å². The summed E-state index contributed by atoms with van der Waals surface area (Å²) in [5.74, 6) is 1.05. The summed E-state index contributed by atoms with van der Waals surface area (Å²) in [4.78, 5) is 17.9. The Morgan fingerprint density at radius 2 is 2.39 bits per heavy atom. The van der Waals surface area contributed by atoms with E-state index in [2.05, 4.69) is 15.2 Å². The highest BCUT2D eigenvalue weighted by molar-refractivity contribution is 5.90. The molecule has 0 bridgehead atoms. The Labute approximate surface area is 107 Å². The van der Waals surface area contributed by atoms with E-state index < -0.39 is 0 Å². The number of carbonyl (C=O) groups is 1. The highest BCUT2D eigenvalue weighted by atomic mass is 16.5. The molecular formula is C12H20N4O2. The van der Waals surface area contributed by atoms with E-state index in [9.17, 15) is 4.79 Å². The van der Waals surface area contributed by atoms with E-state index in [1.54, 1.807) is 11.9 Å². The first-order chi connectivity index (χ1) is 8.58. The highest BCUT2D eigenvalue weighted by Gasteiger charge is 2.23. The summed E-state index contributed by atoms with van der Waals surface area (Å²) < 4.78 is 5.51. The second-order valence-corrected chi connectivity index (χ2v) is 5.02. The molecule has 0 spiro atoms. The second-order valence-electron chi connectivity index (χ2n) is 5.02. The van der Waals surface area contributed by atoms with Crippen molar-refractivity contribution in [1.29, 1.82) is 0 Å². The van der Waals surface area contributed by atoms with Crippen molar-refractivity contribution in [2.45, 2.75) is 38.7 Å². The van der Waals surface area contributed by atoms with Gasteiger partial charge in [0.1, 0.15) is 5.82 Å². The van der Waals surface area contributed by atoms with Crippen LogP contribution in [0.25, 0.3) is 0 Å². The number of amides is 1. The predicted molar refractivity (Wildman–Crippen MR) is 66.4 cm³/mol. The Kier molecular flexibility index (Phi) is 3.96. The lowest BCUT2D eigenvalue weighted by molar-refractivity contribution is 0.0578. The number of nitrogens with one attached hydrogen (secondary N) is 1. The van der Waals surface area contributed by atoms with E-state index in [0.717, 1.165) is 25.3 Å². The molecule has 1 atom stereocenters. The average Bonchev–Trinajstić information content (AvgIpc) is 2.98. The Balaban J connectivity index is 1.96. The molecule has 1 aromatic rings. The van der Waals surface area contributed by atoms with Crippen LogP contribution in [-0.2, 0) is 4.74 Å². The number of aromatic nitrogens is 3. The van der Waals surface area contributed by atoms with E-state index >= 15 is 0 Å². The van der Waals surface area contributed by atoms with Gasteiger partial charge in [-0.25, -0.2) is 4.98 Å². The topological polar surface area (TPSA) is 71.1 Å². The Bertz CT molecular complexity index is 410. The van der Waals surface area contributed by atoms with E-state index in [1.807, 2.05) is 13.8 Å². The summed E-state index contributed by atoms with van der Waals surface area (Å²) >= 11 is 0. The summed E-state index contributed by atoms with van der Waals surface area (Å²) in [7, 11) is 1.76. The largest absolute Gasteiger partial charge is 0.376 e. The van der Waals surface area contributed by atoms with Gasteiger partial charge in [0.25, 0.3) is 5.91 Å². The van der Waals surface area contributed by atoms with Crippen LogP contribution in [0.5, 0.6) is 0 Å². The predicted octanol–water partition coefficient (Wildman–Crippen LogP) is 1.18. The third-order valence-electron chi connectivity index (χ3n) is 3.09. The van der Waals surface area contributed by atoms with Gasteiger partial charge < -0.3 is 9.64 Å². The van der Waals surface area contributed by atoms with Crippen LogP contribution in [0.15, 0.2) is 0 Å². The van der Waals surface area contributed by atoms with Crippen molar-refractivity contribution < 1.29 is 9.53 Å². The first-order valence-electron chi connectivity index (χ1n) is 6.37. The number of rotatable bonds is 4. The van der Waals surface area contributed by atoms with Gasteiger partial charge in [-0.05, 0) is 12.8 Å². The monoisotopic (exact) mass is 252 g/mol. The highest BCUT2D eigenvalue weighted by Crippen LogP contribution is 2.14. The van der Waals surface area contributed by atoms with Gasteiger partial charge in [0.05, 0.1) is 6.10 Å². The number of hydrogen-bond acceptors (Lipinski definition) is 4. The molecule has 2 rings (SSSR count). The fraction of sp³-hybridized carbons (Fsp3) is 0.750. The number of likely N-dealkylation sites (N-methyl/N-ethyl adjacent to an activating group) is 1. The Hall–Kier alpha value is -1.43. The SMILES string of the molecule is CC(C)c1nc(C(=O)N(C)CC2CCCO2)n[nH]1. The van der Waals surface area contributed by atoms with Crippen molar-refractivity contribution >= 4 is 5.91 Å². The number of hydrogen-bond donors (Lipinski definition) is 1. The van der Waals surface area contributed by atoms with Crippen LogP contribution in [0, 0.1) is 0 Å². The lowest BCUT2D eigenvalue weighted by atomic mass is 10.2. The molecular weight excluding hydrogens is 232 g/mol. The third kappa shape index (κ3) is 2.87. The molecule has 1 amide bonds. The number of ether oxygens (including phenoxy) is 1. The lowest BCUT2D eigenvalue weighted by Gasteiger charge is -2.19. The van der Waals surface area contributed by atoms with Crippen molar-refractivity contribution in [1.82, 2.24) is 20.1 Å². The Morgan fingerprint density at radius 1 is 1.61 bits per heavy atom. The van der Waals surface area contributed by atoms with Gasteiger partial charge in [-0.2, -0.15) is 0 Å². The van der Waals surface area contributed by atoms with Crippen molar-refractivity contribution in [2.24, 2.45) is 0 Å². The molecule has 1 fully saturated rings. The molecule has 1 unspecified atom stereocenters. The minimum atomic E-state index is -0.159. The smallest absolute Gasteiger partial charge is 0.293 e. The second kappa shape index (κ2) is 5.48. The number of H-pyrrole nitrogens is 1. The van der Waals surface area contributed by atoms with Crippen LogP contribution < -0.4 is 0 Å². The van der Waals surface area contributed by atoms with Crippen molar-refractivity contribution in [2.75, 3.05) is 20.2 Å². The van der Waals surface area contributed by atoms with E-state index in [0.29, 0.717) is 6.54 Å². The van der Waals surface area contributed by atoms with E-state index in [4.69, 9.17) is 4.74 Å². The molecule has 1 aromatic heterocycles. The Morgan fingerprint density at radius 3 is 2.94 bits per heavy atom. The van der Waals surface area contributed by atoms with Crippen LogP contribution >= 0.6 is 0 Å². The molecule has 2 heterocycles. The lowest BCUT2D eigenvalue weighted by Crippen LogP contribution is -2.34. The molecule has 0 aliphatic carbocycles. The normalized spacial score (nSPS) is 19.4. The van der Waals surface area contributed by atoms with Gasteiger partial charge in [0, 0.05) is 26.1 Å². The zero-order valence-corrected chi connectivity index (χ0v) is 11.1. The zero-order chi connectivity index (χ0) is 13.1. The molecule has 6 nitrogen and oxygen atoms in total. The summed E-state index contributed by atoms with van der Waals surface area (Å²) in [5.41, 5.74) is 0. The number of carbonyl (C=O) groups excluding carboxylic acids is 1. The fourth-order valence-electron chi connectivity index (χ4n) is 1.98. The molecule has 0 aromatic carbocycles. The fourth-order valence-corrected chi connectivity index (χ4v) is 1.98. The van der Waals surface area contributed by atoms with Gasteiger partial charge in [0.15, 0.2) is 0 Å². The first kappa shape index (κ1) is 13.0. The van der Waals surface area contributed by atoms with E-state index in [1.165, 1.54) is 0 Å². The quantitative estimate of drug-likeness (QED) is 0.873. The molecule has 1 saturated heterocycles. The van der Waals surface area contributed by atoms with E-state index in [-0.39, 0.29) is 23.8 Å². The average molecular weight is 252 g/mol.